The van der Waals surface area contributed by atoms with Gasteiger partial charge in [0.1, 0.15) is 11.9 Å². The van der Waals surface area contributed by atoms with E-state index in [2.05, 4.69) is 5.32 Å². The lowest BCUT2D eigenvalue weighted by Crippen LogP contribution is -2.48. The van der Waals surface area contributed by atoms with Crippen LogP contribution in [0.2, 0.25) is 0 Å². The van der Waals surface area contributed by atoms with Crippen LogP contribution in [-0.2, 0) is 14.8 Å². The quantitative estimate of drug-likeness (QED) is 0.819. The molecule has 2 atom stereocenters. The second-order valence-electron chi connectivity index (χ2n) is 6.79. The van der Waals surface area contributed by atoms with Crippen LogP contribution in [0.15, 0.2) is 42.5 Å². The van der Waals surface area contributed by atoms with Crippen molar-refractivity contribution in [2.45, 2.75) is 39.8 Å². The molecule has 0 saturated heterocycles. The van der Waals surface area contributed by atoms with E-state index in [0.29, 0.717) is 0 Å². The summed E-state index contributed by atoms with van der Waals surface area (Å²) in [6.45, 7) is 7.36. The summed E-state index contributed by atoms with van der Waals surface area (Å²) in [5.74, 6) is -0.914. The molecular formula is C20H25FN2O3S. The molecule has 2 rings (SSSR count). The fourth-order valence-corrected chi connectivity index (χ4v) is 4.02. The number of nitrogens with zero attached hydrogens (tertiary/aromatic N) is 1. The second kappa shape index (κ2) is 8.08. The smallest absolute Gasteiger partial charge is 0.244 e. The summed E-state index contributed by atoms with van der Waals surface area (Å²) in [4.78, 5) is 12.7. The van der Waals surface area contributed by atoms with Gasteiger partial charge in [-0.3, -0.25) is 9.10 Å². The monoisotopic (exact) mass is 392 g/mol. The lowest BCUT2D eigenvalue weighted by atomic mass is 10.0. The van der Waals surface area contributed by atoms with Gasteiger partial charge in [0.2, 0.25) is 15.9 Å². The first-order valence-electron chi connectivity index (χ1n) is 8.63. The molecule has 1 N–H and O–H groups in total. The molecule has 1 amide bonds. The highest BCUT2D eigenvalue weighted by Crippen LogP contribution is 2.22. The first-order valence-corrected chi connectivity index (χ1v) is 10.5. The highest BCUT2D eigenvalue weighted by molar-refractivity contribution is 7.92. The van der Waals surface area contributed by atoms with E-state index >= 15 is 0 Å². The summed E-state index contributed by atoms with van der Waals surface area (Å²) in [5.41, 5.74) is 3.45. The fraction of sp³-hybridized carbons (Fsp3) is 0.350. The number of nitrogens with one attached hydrogen (secondary N) is 1. The standard InChI is InChI=1S/C20H25FN2O3S/c1-13-6-7-17(12-14(13)2)15(3)22-20(24)16(4)23(27(5,25)26)19-10-8-18(21)9-11-19/h6-12,15-16H,1-5H3,(H,22,24)/t15-,16-/m1/s1. The van der Waals surface area contributed by atoms with E-state index in [-0.39, 0.29) is 11.7 Å². The Hall–Kier alpha value is -2.41. The van der Waals surface area contributed by atoms with Gasteiger partial charge in [-0.2, -0.15) is 0 Å². The van der Waals surface area contributed by atoms with E-state index < -0.39 is 27.8 Å². The van der Waals surface area contributed by atoms with Gasteiger partial charge in [0.05, 0.1) is 18.0 Å². The zero-order valence-electron chi connectivity index (χ0n) is 16.2. The maximum Gasteiger partial charge on any atom is 0.244 e. The minimum atomic E-state index is -3.74. The molecule has 2 aromatic rings. The first kappa shape index (κ1) is 20.9. The molecule has 7 heteroatoms. The molecule has 0 heterocycles. The first-order chi connectivity index (χ1) is 12.5. The minimum Gasteiger partial charge on any atom is -0.348 e. The van der Waals surface area contributed by atoms with E-state index in [1.165, 1.54) is 19.1 Å². The number of halogens is 1. The van der Waals surface area contributed by atoms with Gasteiger partial charge in [0, 0.05) is 0 Å². The van der Waals surface area contributed by atoms with Gasteiger partial charge in [-0.1, -0.05) is 18.2 Å². The van der Waals surface area contributed by atoms with Crippen molar-refractivity contribution < 1.29 is 17.6 Å². The van der Waals surface area contributed by atoms with Crippen molar-refractivity contribution in [3.8, 4) is 0 Å². The van der Waals surface area contributed by atoms with Crippen molar-refractivity contribution >= 4 is 21.6 Å². The maximum absolute atomic E-state index is 13.2. The highest BCUT2D eigenvalue weighted by Gasteiger charge is 2.29. The Kier molecular flexibility index (Phi) is 6.26. The van der Waals surface area contributed by atoms with Crippen molar-refractivity contribution in [2.24, 2.45) is 0 Å². The number of benzene rings is 2. The molecule has 0 aliphatic carbocycles. The Morgan fingerprint density at radius 1 is 1.04 bits per heavy atom. The van der Waals surface area contributed by atoms with Crippen LogP contribution in [0.1, 0.15) is 36.6 Å². The fourth-order valence-electron chi connectivity index (χ4n) is 2.85. The Balaban J connectivity index is 2.24. The van der Waals surface area contributed by atoms with Crippen LogP contribution in [0.4, 0.5) is 10.1 Å². The lowest BCUT2D eigenvalue weighted by molar-refractivity contribution is -0.122. The van der Waals surface area contributed by atoms with Crippen molar-refractivity contribution in [2.75, 3.05) is 10.6 Å². The van der Waals surface area contributed by atoms with Gasteiger partial charge < -0.3 is 5.32 Å². The van der Waals surface area contributed by atoms with Gasteiger partial charge in [-0.25, -0.2) is 12.8 Å². The zero-order chi connectivity index (χ0) is 20.4. The van der Waals surface area contributed by atoms with Crippen LogP contribution in [0, 0.1) is 19.7 Å². The van der Waals surface area contributed by atoms with E-state index in [1.54, 1.807) is 0 Å². The molecule has 0 saturated carbocycles. The number of rotatable bonds is 6. The average molecular weight is 392 g/mol. The summed E-state index contributed by atoms with van der Waals surface area (Å²) in [6, 6.07) is 9.66. The maximum atomic E-state index is 13.2. The topological polar surface area (TPSA) is 66.5 Å². The lowest BCUT2D eigenvalue weighted by Gasteiger charge is -2.29. The number of hydrogen-bond donors (Lipinski definition) is 1. The Labute approximate surface area is 160 Å². The number of hydrogen-bond acceptors (Lipinski definition) is 3. The molecule has 0 aromatic heterocycles. The minimum absolute atomic E-state index is 0.236. The summed E-state index contributed by atoms with van der Waals surface area (Å²) >= 11 is 0. The van der Waals surface area contributed by atoms with Crippen LogP contribution in [-0.4, -0.2) is 26.6 Å². The van der Waals surface area contributed by atoms with Crippen LogP contribution < -0.4 is 9.62 Å². The van der Waals surface area contributed by atoms with Gasteiger partial charge in [0.25, 0.3) is 0 Å². The van der Waals surface area contributed by atoms with E-state index in [0.717, 1.165) is 39.4 Å². The number of carbonyl (C=O) groups excluding carboxylic acids is 1. The van der Waals surface area contributed by atoms with E-state index in [9.17, 15) is 17.6 Å². The number of anilines is 1. The molecule has 2 aromatic carbocycles. The Morgan fingerprint density at radius 3 is 2.15 bits per heavy atom. The number of aryl methyl sites for hydroxylation is 2. The predicted molar refractivity (Wildman–Crippen MR) is 106 cm³/mol. The third-order valence-electron chi connectivity index (χ3n) is 4.56. The Bertz CT molecular complexity index is 927. The molecule has 0 fully saturated rings. The SMILES string of the molecule is Cc1ccc([C@@H](C)NC(=O)[C@@H](C)N(c2ccc(F)cc2)S(C)(=O)=O)cc1C. The second-order valence-corrected chi connectivity index (χ2v) is 8.64. The molecule has 0 unspecified atom stereocenters. The van der Waals surface area contributed by atoms with Crippen molar-refractivity contribution in [1.82, 2.24) is 5.32 Å². The molecule has 27 heavy (non-hydrogen) atoms. The van der Waals surface area contributed by atoms with Crippen molar-refractivity contribution in [3.63, 3.8) is 0 Å². The summed E-state index contributed by atoms with van der Waals surface area (Å²) in [6.07, 6.45) is 1.02. The third-order valence-corrected chi connectivity index (χ3v) is 5.80. The van der Waals surface area contributed by atoms with Crippen molar-refractivity contribution in [3.05, 3.63) is 65.0 Å². The van der Waals surface area contributed by atoms with Gasteiger partial charge in [0.15, 0.2) is 0 Å². The van der Waals surface area contributed by atoms with Gasteiger partial charge in [-0.05, 0) is 68.7 Å². The molecule has 0 radical (unpaired) electrons. The molecule has 0 bridgehead atoms. The molecule has 0 spiro atoms. The largest absolute Gasteiger partial charge is 0.348 e. The van der Waals surface area contributed by atoms with Crippen LogP contribution in [0.25, 0.3) is 0 Å². The molecule has 0 aliphatic rings. The summed E-state index contributed by atoms with van der Waals surface area (Å²) in [5, 5.41) is 2.86. The normalized spacial score (nSPS) is 13.7. The third kappa shape index (κ3) is 5.07. The summed E-state index contributed by atoms with van der Waals surface area (Å²) in [7, 11) is -3.74. The molecule has 146 valence electrons. The van der Waals surface area contributed by atoms with Crippen molar-refractivity contribution in [1.29, 1.82) is 0 Å². The zero-order valence-corrected chi connectivity index (χ0v) is 17.0. The average Bonchev–Trinajstić information content (AvgIpc) is 2.57. The van der Waals surface area contributed by atoms with E-state index in [4.69, 9.17) is 0 Å². The van der Waals surface area contributed by atoms with Crippen LogP contribution in [0.3, 0.4) is 0 Å². The van der Waals surface area contributed by atoms with Gasteiger partial charge >= 0.3 is 0 Å². The molecule has 0 aliphatic heterocycles. The molecule has 5 nitrogen and oxygen atoms in total. The number of amides is 1. The highest BCUT2D eigenvalue weighted by atomic mass is 32.2. The summed E-state index contributed by atoms with van der Waals surface area (Å²) < 4.78 is 38.7. The van der Waals surface area contributed by atoms with E-state index in [1.807, 2.05) is 39.0 Å². The van der Waals surface area contributed by atoms with Crippen LogP contribution in [0.5, 0.6) is 0 Å². The van der Waals surface area contributed by atoms with Gasteiger partial charge in [-0.15, -0.1) is 0 Å². The Morgan fingerprint density at radius 2 is 1.63 bits per heavy atom. The number of sulfonamides is 1. The molecular weight excluding hydrogens is 367 g/mol. The van der Waals surface area contributed by atoms with Crippen LogP contribution >= 0.6 is 0 Å². The predicted octanol–water partition coefficient (Wildman–Crippen LogP) is 3.47. The number of carbonyl (C=O) groups is 1.